The number of carbonyl (C=O) groups is 3. The van der Waals surface area contributed by atoms with Crippen molar-refractivity contribution in [1.82, 2.24) is 0 Å². The molecule has 0 aliphatic rings. The van der Waals surface area contributed by atoms with Crippen molar-refractivity contribution in [2.75, 3.05) is 6.54 Å². The number of carboxylic acids is 1. The van der Waals surface area contributed by atoms with Crippen molar-refractivity contribution < 1.29 is 34.4 Å². The molecule has 0 amide bonds. The fourth-order valence-corrected chi connectivity index (χ4v) is 1.07. The van der Waals surface area contributed by atoms with Crippen molar-refractivity contribution in [3.05, 3.63) is 0 Å². The number of guanidine groups is 1. The second-order valence-electron chi connectivity index (χ2n) is 3.97. The van der Waals surface area contributed by atoms with E-state index in [4.69, 9.17) is 27.4 Å². The maximum absolute atomic E-state index is 11.3. The summed E-state index contributed by atoms with van der Waals surface area (Å²) in [6.45, 7) is 0.272. The molecule has 0 rings (SSSR count). The highest BCUT2D eigenvalue weighted by molar-refractivity contribution is 5.81. The average molecular weight is 306 g/mol. The minimum atomic E-state index is -1.94. The molecule has 21 heavy (non-hydrogen) atoms. The number of aliphatic imine (C=N–C) groups is 1. The topological polar surface area (TPSA) is 201 Å². The van der Waals surface area contributed by atoms with Crippen molar-refractivity contribution >= 4 is 23.9 Å². The average Bonchev–Trinajstić information content (AvgIpc) is 2.40. The third-order valence-electron chi connectivity index (χ3n) is 2.13. The van der Waals surface area contributed by atoms with Gasteiger partial charge in [-0.2, -0.15) is 0 Å². The van der Waals surface area contributed by atoms with Gasteiger partial charge in [0.25, 0.3) is 0 Å². The lowest BCUT2D eigenvalue weighted by molar-refractivity contribution is -0.261. The highest BCUT2D eigenvalue weighted by Gasteiger charge is 2.22. The normalized spacial score (nSPS) is 12.9. The Balaban J connectivity index is 3.94. The summed E-state index contributed by atoms with van der Waals surface area (Å²) in [5.74, 6) is -3.92. The summed E-state index contributed by atoms with van der Waals surface area (Å²) in [5, 5.41) is 17.2. The Morgan fingerprint density at radius 2 is 1.81 bits per heavy atom. The lowest BCUT2D eigenvalue weighted by atomic mass is 10.2. The van der Waals surface area contributed by atoms with Gasteiger partial charge in [0.05, 0.1) is 6.42 Å². The molecule has 8 N–H and O–H groups in total. The fourth-order valence-electron chi connectivity index (χ4n) is 1.07. The van der Waals surface area contributed by atoms with Crippen LogP contribution in [0.5, 0.6) is 0 Å². The van der Waals surface area contributed by atoms with Crippen LogP contribution in [0.2, 0.25) is 0 Å². The van der Waals surface area contributed by atoms with Crippen LogP contribution >= 0.6 is 0 Å². The smallest absolute Gasteiger partial charge is 0.372 e. The summed E-state index contributed by atoms with van der Waals surface area (Å²) < 4.78 is 0. The van der Waals surface area contributed by atoms with E-state index in [1.807, 2.05) is 0 Å². The van der Waals surface area contributed by atoms with Gasteiger partial charge in [-0.3, -0.25) is 4.99 Å². The zero-order valence-electron chi connectivity index (χ0n) is 11.1. The van der Waals surface area contributed by atoms with Gasteiger partial charge >= 0.3 is 17.9 Å². The lowest BCUT2D eigenvalue weighted by Crippen LogP contribution is -2.33. The van der Waals surface area contributed by atoms with E-state index in [2.05, 4.69) is 14.8 Å². The Morgan fingerprint density at radius 3 is 2.33 bits per heavy atom. The van der Waals surface area contributed by atoms with Gasteiger partial charge in [0.15, 0.2) is 12.1 Å². The van der Waals surface area contributed by atoms with Gasteiger partial charge in [0.1, 0.15) is 6.04 Å². The number of hydrogen-bond donors (Lipinski definition) is 5. The van der Waals surface area contributed by atoms with Crippen molar-refractivity contribution in [3.8, 4) is 0 Å². The molecule has 0 heterocycles. The van der Waals surface area contributed by atoms with Gasteiger partial charge in [-0.25, -0.2) is 24.2 Å². The summed E-state index contributed by atoms with van der Waals surface area (Å²) in [6.07, 6.45) is -2.21. The first-order chi connectivity index (χ1) is 9.73. The summed E-state index contributed by atoms with van der Waals surface area (Å²) in [5.41, 5.74) is 15.6. The molecule has 0 aliphatic heterocycles. The molecule has 0 aromatic rings. The molecule has 120 valence electrons. The zero-order chi connectivity index (χ0) is 16.4. The number of hydrogen-bond acceptors (Lipinski definition) is 8. The van der Waals surface area contributed by atoms with Crippen LogP contribution in [0, 0.1) is 0 Å². The Morgan fingerprint density at radius 1 is 1.19 bits per heavy atom. The van der Waals surface area contributed by atoms with E-state index in [0.29, 0.717) is 6.42 Å². The molecule has 0 bridgehead atoms. The summed E-state index contributed by atoms with van der Waals surface area (Å²) in [6, 6.07) is -1.06. The maximum Gasteiger partial charge on any atom is 0.372 e. The van der Waals surface area contributed by atoms with Gasteiger partial charge in [0, 0.05) is 6.54 Å². The SMILES string of the molecule is NC(N)=NCCCC(N)C(=O)OOC(=O)CC(O)C(=O)O. The van der Waals surface area contributed by atoms with E-state index >= 15 is 0 Å². The van der Waals surface area contributed by atoms with Gasteiger partial charge in [0.2, 0.25) is 0 Å². The Hall–Kier alpha value is -2.40. The van der Waals surface area contributed by atoms with Crippen LogP contribution < -0.4 is 17.2 Å². The third-order valence-corrected chi connectivity index (χ3v) is 2.13. The maximum atomic E-state index is 11.3. The largest absolute Gasteiger partial charge is 0.479 e. The highest BCUT2D eigenvalue weighted by atomic mass is 17.2. The predicted octanol–water partition coefficient (Wildman–Crippen LogP) is -2.80. The van der Waals surface area contributed by atoms with Crippen LogP contribution in [-0.2, 0) is 24.2 Å². The van der Waals surface area contributed by atoms with Gasteiger partial charge in [-0.1, -0.05) is 0 Å². The van der Waals surface area contributed by atoms with Crippen LogP contribution in [0.15, 0.2) is 4.99 Å². The van der Waals surface area contributed by atoms with Gasteiger partial charge in [-0.15, -0.1) is 0 Å². The molecule has 0 spiro atoms. The molecule has 0 radical (unpaired) electrons. The van der Waals surface area contributed by atoms with E-state index in [0.717, 1.165) is 0 Å². The predicted molar refractivity (Wildman–Crippen MR) is 68.3 cm³/mol. The number of carboxylic acid groups (broad SMARTS) is 1. The van der Waals surface area contributed by atoms with Crippen LogP contribution in [0.4, 0.5) is 0 Å². The number of carbonyl (C=O) groups excluding carboxylic acids is 2. The van der Waals surface area contributed by atoms with Crippen LogP contribution in [-0.4, -0.2) is 52.8 Å². The quantitative estimate of drug-likeness (QED) is 0.102. The van der Waals surface area contributed by atoms with Crippen LogP contribution in [0.3, 0.4) is 0 Å². The molecule has 2 atom stereocenters. The van der Waals surface area contributed by atoms with Crippen molar-refractivity contribution in [2.45, 2.75) is 31.4 Å². The first-order valence-corrected chi connectivity index (χ1v) is 5.87. The number of rotatable bonds is 8. The summed E-state index contributed by atoms with van der Waals surface area (Å²) in [4.78, 5) is 44.4. The molecular formula is C10H18N4O7. The molecule has 2 unspecified atom stereocenters. The monoisotopic (exact) mass is 306 g/mol. The van der Waals surface area contributed by atoms with E-state index in [1.165, 1.54) is 0 Å². The highest BCUT2D eigenvalue weighted by Crippen LogP contribution is 2.00. The Kier molecular flexibility index (Phi) is 8.41. The zero-order valence-corrected chi connectivity index (χ0v) is 11.1. The van der Waals surface area contributed by atoms with Crippen molar-refractivity contribution in [2.24, 2.45) is 22.2 Å². The fraction of sp³-hybridized carbons (Fsp3) is 0.600. The number of aliphatic hydroxyl groups excluding tert-OH is 1. The minimum absolute atomic E-state index is 0.0860. The number of nitrogens with two attached hydrogens (primary N) is 3. The molecule has 0 saturated carbocycles. The Labute approximate surface area is 119 Å². The molecule has 0 aliphatic carbocycles. The number of aliphatic hydroxyl groups is 1. The first kappa shape index (κ1) is 18.6. The first-order valence-electron chi connectivity index (χ1n) is 5.87. The van der Waals surface area contributed by atoms with E-state index in [-0.39, 0.29) is 18.9 Å². The third kappa shape index (κ3) is 9.18. The number of nitrogens with zero attached hydrogens (tertiary/aromatic N) is 1. The molecule has 0 fully saturated rings. The van der Waals surface area contributed by atoms with E-state index < -0.39 is 36.5 Å². The van der Waals surface area contributed by atoms with Gasteiger partial charge in [-0.05, 0) is 12.8 Å². The van der Waals surface area contributed by atoms with E-state index in [9.17, 15) is 14.4 Å². The molecule has 0 aromatic carbocycles. The molecule has 11 heteroatoms. The second kappa shape index (κ2) is 9.50. The molecule has 11 nitrogen and oxygen atoms in total. The summed E-state index contributed by atoms with van der Waals surface area (Å²) >= 11 is 0. The van der Waals surface area contributed by atoms with Crippen molar-refractivity contribution in [3.63, 3.8) is 0 Å². The van der Waals surface area contributed by atoms with Gasteiger partial charge < -0.3 is 27.4 Å². The standard InChI is InChI=1S/C10H18N4O7/c11-5(2-1-3-14-10(12)13)9(19)21-20-7(16)4-6(15)8(17)18/h5-6,15H,1-4,11H2,(H,17,18)(H4,12,13,14). The number of aliphatic carboxylic acids is 1. The summed E-state index contributed by atoms with van der Waals surface area (Å²) in [7, 11) is 0. The molecular weight excluding hydrogens is 288 g/mol. The Bertz CT molecular complexity index is 408. The van der Waals surface area contributed by atoms with E-state index in [1.54, 1.807) is 0 Å². The van der Waals surface area contributed by atoms with Crippen molar-refractivity contribution in [1.29, 1.82) is 0 Å². The second-order valence-corrected chi connectivity index (χ2v) is 3.97. The minimum Gasteiger partial charge on any atom is -0.479 e. The van der Waals surface area contributed by atoms with Crippen LogP contribution in [0.25, 0.3) is 0 Å². The molecule has 0 aromatic heterocycles. The molecule has 0 saturated heterocycles. The van der Waals surface area contributed by atoms with Crippen LogP contribution in [0.1, 0.15) is 19.3 Å². The lowest BCUT2D eigenvalue weighted by Gasteiger charge is -2.09.